The molecule has 0 aliphatic heterocycles. The third kappa shape index (κ3) is 2.80. The van der Waals surface area contributed by atoms with Crippen molar-refractivity contribution in [2.45, 2.75) is 25.7 Å². The van der Waals surface area contributed by atoms with Crippen LogP contribution in [0.5, 0.6) is 0 Å². The van der Waals surface area contributed by atoms with E-state index < -0.39 is 5.97 Å². The molecule has 4 heteroatoms. The summed E-state index contributed by atoms with van der Waals surface area (Å²) in [4.78, 5) is 13.8. The van der Waals surface area contributed by atoms with Gasteiger partial charge in [0, 0.05) is 24.2 Å². The minimum Gasteiger partial charge on any atom is -0.477 e. The molecule has 0 radical (unpaired) electrons. The van der Waals surface area contributed by atoms with Gasteiger partial charge >= 0.3 is 5.97 Å². The minimum atomic E-state index is -0.806. The molecule has 3 rings (SSSR count). The van der Waals surface area contributed by atoms with Gasteiger partial charge in [-0.25, -0.2) is 4.79 Å². The van der Waals surface area contributed by atoms with Crippen molar-refractivity contribution in [3.05, 3.63) is 16.3 Å². The van der Waals surface area contributed by atoms with Crippen molar-refractivity contribution in [3.8, 4) is 0 Å². The van der Waals surface area contributed by atoms with Gasteiger partial charge in [-0.05, 0) is 43.6 Å². The number of hydrogen-bond acceptors (Lipinski definition) is 3. The zero-order chi connectivity index (χ0) is 11.8. The fourth-order valence-corrected chi connectivity index (χ4v) is 2.87. The Morgan fingerprint density at radius 3 is 2.29 bits per heavy atom. The quantitative estimate of drug-likeness (QED) is 0.844. The number of carboxylic acids is 1. The molecule has 0 unspecified atom stereocenters. The van der Waals surface area contributed by atoms with Crippen LogP contribution in [-0.4, -0.2) is 24.2 Å². The highest BCUT2D eigenvalue weighted by Crippen LogP contribution is 2.36. The average molecular weight is 251 g/mol. The molecule has 3 nitrogen and oxygen atoms in total. The number of thiophene rings is 1. The van der Waals surface area contributed by atoms with Gasteiger partial charge in [-0.1, -0.05) is 0 Å². The third-order valence-electron chi connectivity index (χ3n) is 3.51. The Balaban J connectivity index is 1.72. The summed E-state index contributed by atoms with van der Waals surface area (Å²) in [6.07, 6.45) is 5.38. The van der Waals surface area contributed by atoms with Crippen LogP contribution < -0.4 is 4.90 Å². The first kappa shape index (κ1) is 11.1. The Morgan fingerprint density at radius 1 is 1.29 bits per heavy atom. The zero-order valence-electron chi connectivity index (χ0n) is 9.76. The lowest BCUT2D eigenvalue weighted by Crippen LogP contribution is -2.27. The molecule has 2 saturated carbocycles. The Bertz CT molecular complexity index is 407. The van der Waals surface area contributed by atoms with Gasteiger partial charge in [-0.15, -0.1) is 11.3 Å². The lowest BCUT2D eigenvalue weighted by Gasteiger charge is -2.23. The number of hydrogen-bond donors (Lipinski definition) is 1. The van der Waals surface area contributed by atoms with Crippen LogP contribution in [0.15, 0.2) is 11.4 Å². The van der Waals surface area contributed by atoms with Crippen molar-refractivity contribution in [2.24, 2.45) is 11.8 Å². The number of aromatic carboxylic acids is 1. The molecule has 0 amide bonds. The summed E-state index contributed by atoms with van der Waals surface area (Å²) < 4.78 is 0. The van der Waals surface area contributed by atoms with Crippen molar-refractivity contribution in [1.29, 1.82) is 0 Å². The summed E-state index contributed by atoms with van der Waals surface area (Å²) in [5.74, 6) is 0.892. The fraction of sp³-hybridized carbons (Fsp3) is 0.615. The second-order valence-corrected chi connectivity index (χ2v) is 6.18. The molecular weight excluding hydrogens is 234 g/mol. The van der Waals surface area contributed by atoms with Crippen molar-refractivity contribution in [2.75, 3.05) is 18.0 Å². The first-order chi connectivity index (χ1) is 8.22. The van der Waals surface area contributed by atoms with Crippen molar-refractivity contribution in [3.63, 3.8) is 0 Å². The van der Waals surface area contributed by atoms with Gasteiger partial charge in [0.1, 0.15) is 4.88 Å². The van der Waals surface area contributed by atoms with Gasteiger partial charge in [0.25, 0.3) is 0 Å². The lowest BCUT2D eigenvalue weighted by molar-refractivity contribution is 0.0702. The Labute approximate surface area is 105 Å². The average Bonchev–Trinajstić information content (AvgIpc) is 3.21. The second kappa shape index (κ2) is 4.33. The van der Waals surface area contributed by atoms with E-state index in [0.29, 0.717) is 4.88 Å². The van der Waals surface area contributed by atoms with Gasteiger partial charge in [-0.3, -0.25) is 0 Å². The molecule has 2 aliphatic rings. The van der Waals surface area contributed by atoms with Crippen LogP contribution >= 0.6 is 11.3 Å². The van der Waals surface area contributed by atoms with E-state index in [1.807, 2.05) is 11.4 Å². The highest BCUT2D eigenvalue weighted by atomic mass is 32.1. The Kier molecular flexibility index (Phi) is 2.82. The molecule has 1 aromatic rings. The first-order valence-electron chi connectivity index (χ1n) is 6.29. The van der Waals surface area contributed by atoms with Crippen LogP contribution in [0.4, 0.5) is 5.69 Å². The highest BCUT2D eigenvalue weighted by molar-refractivity contribution is 7.12. The number of carbonyl (C=O) groups is 1. The SMILES string of the molecule is O=C(O)c1cc(N(CC2CC2)CC2CC2)cs1. The molecule has 1 aromatic heterocycles. The van der Waals surface area contributed by atoms with E-state index in [1.165, 1.54) is 37.0 Å². The monoisotopic (exact) mass is 251 g/mol. The molecule has 2 aliphatic carbocycles. The van der Waals surface area contributed by atoms with E-state index >= 15 is 0 Å². The standard InChI is InChI=1S/C13H17NO2S/c15-13(16)12-5-11(8-17-12)14(6-9-1-2-9)7-10-3-4-10/h5,8-10H,1-4,6-7H2,(H,15,16). The molecule has 2 fully saturated rings. The number of carboxylic acid groups (broad SMARTS) is 1. The summed E-state index contributed by atoms with van der Waals surface area (Å²) >= 11 is 1.34. The second-order valence-electron chi connectivity index (χ2n) is 5.27. The van der Waals surface area contributed by atoms with E-state index in [0.717, 1.165) is 30.6 Å². The van der Waals surface area contributed by atoms with Gasteiger partial charge in [-0.2, -0.15) is 0 Å². The molecule has 0 aromatic carbocycles. The maximum Gasteiger partial charge on any atom is 0.345 e. The minimum absolute atomic E-state index is 0.455. The molecule has 0 bridgehead atoms. The van der Waals surface area contributed by atoms with Crippen LogP contribution in [-0.2, 0) is 0 Å². The van der Waals surface area contributed by atoms with E-state index in [1.54, 1.807) is 0 Å². The van der Waals surface area contributed by atoms with Crippen molar-refractivity contribution in [1.82, 2.24) is 0 Å². The largest absolute Gasteiger partial charge is 0.477 e. The van der Waals surface area contributed by atoms with E-state index in [-0.39, 0.29) is 0 Å². The van der Waals surface area contributed by atoms with E-state index in [9.17, 15) is 4.79 Å². The number of nitrogens with zero attached hydrogens (tertiary/aromatic N) is 1. The van der Waals surface area contributed by atoms with Crippen molar-refractivity contribution >= 4 is 23.0 Å². The zero-order valence-corrected chi connectivity index (χ0v) is 10.6. The normalized spacial score (nSPS) is 19.3. The van der Waals surface area contributed by atoms with Crippen LogP contribution in [0.1, 0.15) is 35.4 Å². The smallest absolute Gasteiger partial charge is 0.345 e. The lowest BCUT2D eigenvalue weighted by atomic mass is 10.3. The maximum atomic E-state index is 10.9. The number of anilines is 1. The predicted octanol–water partition coefficient (Wildman–Crippen LogP) is 3.07. The molecule has 0 spiro atoms. The Hall–Kier alpha value is -1.03. The molecule has 0 atom stereocenters. The first-order valence-corrected chi connectivity index (χ1v) is 7.17. The van der Waals surface area contributed by atoms with Crippen LogP contribution in [0, 0.1) is 11.8 Å². The molecule has 1 N–H and O–H groups in total. The van der Waals surface area contributed by atoms with Gasteiger partial charge in [0.15, 0.2) is 0 Å². The van der Waals surface area contributed by atoms with Crippen LogP contribution in [0.25, 0.3) is 0 Å². The molecule has 92 valence electrons. The molecule has 1 heterocycles. The summed E-state index contributed by atoms with van der Waals surface area (Å²) in [6.45, 7) is 2.23. The molecular formula is C13H17NO2S. The van der Waals surface area contributed by atoms with E-state index in [2.05, 4.69) is 4.90 Å². The summed E-state index contributed by atoms with van der Waals surface area (Å²) in [5.41, 5.74) is 1.12. The topological polar surface area (TPSA) is 40.5 Å². The summed E-state index contributed by atoms with van der Waals surface area (Å²) in [7, 11) is 0. The molecule has 17 heavy (non-hydrogen) atoms. The summed E-state index contributed by atoms with van der Waals surface area (Å²) in [5, 5.41) is 11.0. The van der Waals surface area contributed by atoms with Gasteiger partial charge in [0.2, 0.25) is 0 Å². The van der Waals surface area contributed by atoms with Crippen molar-refractivity contribution < 1.29 is 9.90 Å². The predicted molar refractivity (Wildman–Crippen MR) is 68.9 cm³/mol. The fourth-order valence-electron chi connectivity index (χ4n) is 2.11. The summed E-state index contributed by atoms with van der Waals surface area (Å²) in [6, 6.07) is 1.83. The highest BCUT2D eigenvalue weighted by Gasteiger charge is 2.29. The Morgan fingerprint density at radius 2 is 1.88 bits per heavy atom. The third-order valence-corrected chi connectivity index (χ3v) is 4.42. The molecule has 0 saturated heterocycles. The van der Waals surface area contributed by atoms with Crippen LogP contribution in [0.2, 0.25) is 0 Å². The van der Waals surface area contributed by atoms with Crippen LogP contribution in [0.3, 0.4) is 0 Å². The van der Waals surface area contributed by atoms with Gasteiger partial charge < -0.3 is 10.0 Å². The van der Waals surface area contributed by atoms with E-state index in [4.69, 9.17) is 5.11 Å². The van der Waals surface area contributed by atoms with Gasteiger partial charge in [0.05, 0.1) is 0 Å². The maximum absolute atomic E-state index is 10.9. The number of rotatable bonds is 6.